The molecule has 0 N–H and O–H groups in total. The normalized spacial score (nSPS) is 25.4. The van der Waals surface area contributed by atoms with E-state index in [1.165, 1.54) is 35.6 Å². The Morgan fingerprint density at radius 1 is 0.895 bits per heavy atom. The summed E-state index contributed by atoms with van der Waals surface area (Å²) in [6.45, 7) is 0. The quantitative estimate of drug-likeness (QED) is 0.648. The first kappa shape index (κ1) is 11.0. The van der Waals surface area contributed by atoms with Crippen molar-refractivity contribution in [1.82, 2.24) is 0 Å². The van der Waals surface area contributed by atoms with E-state index in [2.05, 4.69) is 60.7 Å². The Hall–Kier alpha value is -1.82. The standard InChI is InChI=1S/C19H18/c1-2-10-16-14(6-1)8-4-12-18(16)19-13-5-9-15-7-3-11-17(15)19/h1-2,4-6,8-10,12-13,15,17H,3,7,11H2. The minimum Gasteiger partial charge on any atom is -0.0808 e. The highest BCUT2D eigenvalue weighted by Crippen LogP contribution is 2.45. The van der Waals surface area contributed by atoms with Crippen LogP contribution in [0, 0.1) is 11.8 Å². The third-order valence-corrected chi connectivity index (χ3v) is 4.70. The van der Waals surface area contributed by atoms with Gasteiger partial charge in [0.1, 0.15) is 0 Å². The zero-order valence-electron chi connectivity index (χ0n) is 11.0. The van der Waals surface area contributed by atoms with Crippen LogP contribution in [0.25, 0.3) is 16.3 Å². The zero-order chi connectivity index (χ0) is 12.7. The van der Waals surface area contributed by atoms with Crippen molar-refractivity contribution in [1.29, 1.82) is 0 Å². The Bertz CT molecular complexity index is 670. The van der Waals surface area contributed by atoms with E-state index in [-0.39, 0.29) is 0 Å². The maximum absolute atomic E-state index is 2.41. The van der Waals surface area contributed by atoms with E-state index in [1.807, 2.05) is 0 Å². The minimum absolute atomic E-state index is 0.746. The second-order valence-corrected chi connectivity index (χ2v) is 5.73. The summed E-state index contributed by atoms with van der Waals surface area (Å²) in [7, 11) is 0. The number of rotatable bonds is 1. The molecule has 4 rings (SSSR count). The summed E-state index contributed by atoms with van der Waals surface area (Å²) in [4.78, 5) is 0. The summed E-state index contributed by atoms with van der Waals surface area (Å²) in [5.41, 5.74) is 3.00. The smallest absolute Gasteiger partial charge is 0.00927 e. The molecule has 19 heavy (non-hydrogen) atoms. The van der Waals surface area contributed by atoms with Crippen LogP contribution in [-0.4, -0.2) is 0 Å². The molecule has 0 spiro atoms. The highest BCUT2D eigenvalue weighted by atomic mass is 14.3. The largest absolute Gasteiger partial charge is 0.0808 e. The molecule has 0 amide bonds. The summed E-state index contributed by atoms with van der Waals surface area (Å²) >= 11 is 0. The molecule has 0 nitrogen and oxygen atoms in total. The van der Waals surface area contributed by atoms with Gasteiger partial charge in [0.15, 0.2) is 0 Å². The van der Waals surface area contributed by atoms with Crippen molar-refractivity contribution in [3.05, 3.63) is 66.3 Å². The topological polar surface area (TPSA) is 0 Å². The number of hydrogen-bond donors (Lipinski definition) is 0. The molecule has 0 heterocycles. The van der Waals surface area contributed by atoms with Gasteiger partial charge in [-0.15, -0.1) is 0 Å². The van der Waals surface area contributed by atoms with Gasteiger partial charge >= 0.3 is 0 Å². The van der Waals surface area contributed by atoms with Crippen LogP contribution in [0.3, 0.4) is 0 Å². The molecule has 2 aliphatic rings. The molecular weight excluding hydrogens is 228 g/mol. The molecule has 0 heteroatoms. The van der Waals surface area contributed by atoms with Crippen LogP contribution in [0.2, 0.25) is 0 Å². The average molecular weight is 246 g/mol. The molecule has 0 aromatic heterocycles. The van der Waals surface area contributed by atoms with Crippen molar-refractivity contribution >= 4 is 16.3 Å². The van der Waals surface area contributed by atoms with Gasteiger partial charge in [-0.1, -0.05) is 67.1 Å². The third-order valence-electron chi connectivity index (χ3n) is 4.70. The number of hydrogen-bond acceptors (Lipinski definition) is 0. The predicted molar refractivity (Wildman–Crippen MR) is 81.9 cm³/mol. The lowest BCUT2D eigenvalue weighted by Gasteiger charge is -2.24. The molecule has 2 atom stereocenters. The maximum atomic E-state index is 2.41. The fraction of sp³-hybridized carbons (Fsp3) is 0.263. The van der Waals surface area contributed by atoms with Crippen LogP contribution in [0.1, 0.15) is 24.8 Å². The molecule has 2 aliphatic carbocycles. The summed E-state index contributed by atoms with van der Waals surface area (Å²) < 4.78 is 0. The van der Waals surface area contributed by atoms with Crippen molar-refractivity contribution in [2.45, 2.75) is 19.3 Å². The average Bonchev–Trinajstić information content (AvgIpc) is 2.95. The van der Waals surface area contributed by atoms with Crippen LogP contribution >= 0.6 is 0 Å². The predicted octanol–water partition coefficient (Wildman–Crippen LogP) is 5.21. The Balaban J connectivity index is 1.90. The van der Waals surface area contributed by atoms with Crippen LogP contribution < -0.4 is 0 Å². The summed E-state index contributed by atoms with van der Waals surface area (Å²) in [6.07, 6.45) is 11.1. The summed E-state index contributed by atoms with van der Waals surface area (Å²) in [5.74, 6) is 1.52. The second-order valence-electron chi connectivity index (χ2n) is 5.73. The van der Waals surface area contributed by atoms with Gasteiger partial charge in [-0.05, 0) is 46.6 Å². The van der Waals surface area contributed by atoms with Gasteiger partial charge in [-0.3, -0.25) is 0 Å². The van der Waals surface area contributed by atoms with E-state index < -0.39 is 0 Å². The van der Waals surface area contributed by atoms with E-state index in [0.29, 0.717) is 0 Å². The molecule has 0 aliphatic heterocycles. The Morgan fingerprint density at radius 3 is 2.79 bits per heavy atom. The van der Waals surface area contributed by atoms with Crippen molar-refractivity contribution < 1.29 is 0 Å². The lowest BCUT2D eigenvalue weighted by atomic mass is 9.80. The molecule has 1 fully saturated rings. The molecule has 0 saturated heterocycles. The van der Waals surface area contributed by atoms with Crippen molar-refractivity contribution in [3.8, 4) is 0 Å². The monoisotopic (exact) mass is 246 g/mol. The van der Waals surface area contributed by atoms with Gasteiger partial charge in [0.05, 0.1) is 0 Å². The first-order chi connectivity index (χ1) is 9.43. The van der Waals surface area contributed by atoms with Gasteiger partial charge in [0.2, 0.25) is 0 Å². The van der Waals surface area contributed by atoms with Crippen LogP contribution in [0.15, 0.2) is 60.7 Å². The molecule has 0 bridgehead atoms. The molecule has 94 valence electrons. The Morgan fingerprint density at radius 2 is 1.79 bits per heavy atom. The highest BCUT2D eigenvalue weighted by molar-refractivity contribution is 5.94. The van der Waals surface area contributed by atoms with Gasteiger partial charge in [-0.2, -0.15) is 0 Å². The van der Waals surface area contributed by atoms with Gasteiger partial charge in [0, 0.05) is 0 Å². The fourth-order valence-electron chi connectivity index (χ4n) is 3.80. The van der Waals surface area contributed by atoms with Gasteiger partial charge in [-0.25, -0.2) is 0 Å². The molecular formula is C19H18. The lowest BCUT2D eigenvalue weighted by molar-refractivity contribution is 0.569. The van der Waals surface area contributed by atoms with E-state index in [4.69, 9.17) is 0 Å². The molecule has 2 aromatic carbocycles. The van der Waals surface area contributed by atoms with Crippen molar-refractivity contribution in [3.63, 3.8) is 0 Å². The Labute approximate surface area is 114 Å². The first-order valence-electron chi connectivity index (χ1n) is 7.30. The molecule has 0 radical (unpaired) electrons. The maximum Gasteiger partial charge on any atom is -0.00927 e. The van der Waals surface area contributed by atoms with E-state index in [9.17, 15) is 0 Å². The summed E-state index contributed by atoms with van der Waals surface area (Å²) in [6, 6.07) is 15.4. The van der Waals surface area contributed by atoms with E-state index >= 15 is 0 Å². The van der Waals surface area contributed by atoms with Crippen molar-refractivity contribution in [2.24, 2.45) is 11.8 Å². The zero-order valence-corrected chi connectivity index (χ0v) is 11.0. The van der Waals surface area contributed by atoms with E-state index in [0.717, 1.165) is 11.8 Å². The fourth-order valence-corrected chi connectivity index (χ4v) is 3.80. The number of fused-ring (bicyclic) bond motifs is 2. The van der Waals surface area contributed by atoms with Crippen LogP contribution in [-0.2, 0) is 0 Å². The second kappa shape index (κ2) is 4.38. The molecule has 2 unspecified atom stereocenters. The number of allylic oxidation sites excluding steroid dienone is 4. The van der Waals surface area contributed by atoms with Crippen LogP contribution in [0.4, 0.5) is 0 Å². The van der Waals surface area contributed by atoms with Crippen LogP contribution in [0.5, 0.6) is 0 Å². The highest BCUT2D eigenvalue weighted by Gasteiger charge is 2.30. The van der Waals surface area contributed by atoms with Crippen molar-refractivity contribution in [2.75, 3.05) is 0 Å². The number of benzene rings is 2. The third kappa shape index (κ3) is 1.74. The Kier molecular flexibility index (Phi) is 2.55. The van der Waals surface area contributed by atoms with Gasteiger partial charge in [0.25, 0.3) is 0 Å². The van der Waals surface area contributed by atoms with E-state index in [1.54, 1.807) is 5.57 Å². The first-order valence-corrected chi connectivity index (χ1v) is 7.30. The lowest BCUT2D eigenvalue weighted by Crippen LogP contribution is -2.10. The SMILES string of the molecule is C1=CC2CCCC2C(c2cccc3ccccc23)=C1. The molecule has 2 aromatic rings. The summed E-state index contributed by atoms with van der Waals surface area (Å²) in [5, 5.41) is 2.75. The van der Waals surface area contributed by atoms with Gasteiger partial charge < -0.3 is 0 Å². The minimum atomic E-state index is 0.746. The molecule has 1 saturated carbocycles.